The van der Waals surface area contributed by atoms with E-state index in [1.807, 2.05) is 12.1 Å². The highest BCUT2D eigenvalue weighted by molar-refractivity contribution is 5.65. The maximum atomic E-state index is 15.1. The van der Waals surface area contributed by atoms with Gasteiger partial charge < -0.3 is 0 Å². The van der Waals surface area contributed by atoms with E-state index in [0.717, 1.165) is 36.3 Å². The second kappa shape index (κ2) is 12.3. The number of benzene rings is 3. The van der Waals surface area contributed by atoms with Gasteiger partial charge in [0.2, 0.25) is 0 Å². The lowest BCUT2D eigenvalue weighted by atomic mass is 9.77. The lowest BCUT2D eigenvalue weighted by Crippen LogP contribution is -2.13. The van der Waals surface area contributed by atoms with Crippen LogP contribution in [0.3, 0.4) is 0 Å². The molecule has 0 atom stereocenters. The zero-order valence-electron chi connectivity index (χ0n) is 21.2. The fraction of sp³-hybridized carbons (Fsp3) is 0.455. The number of aryl methyl sites for hydroxylation is 3. The van der Waals surface area contributed by atoms with Crippen LogP contribution in [0.25, 0.3) is 11.1 Å². The molecule has 0 aromatic heterocycles. The summed E-state index contributed by atoms with van der Waals surface area (Å²) < 4.78 is 15.1. The van der Waals surface area contributed by atoms with Gasteiger partial charge in [-0.05, 0) is 90.7 Å². The SMILES string of the molecule is CCCCC1CCC(c2ccc(-c3ccc(CCc4ccc(CCC)cc4)cc3)c(F)c2)CC1. The molecule has 3 aromatic carbocycles. The molecule has 0 nitrogen and oxygen atoms in total. The van der Waals surface area contributed by atoms with Gasteiger partial charge in [-0.2, -0.15) is 0 Å². The molecule has 0 heterocycles. The minimum atomic E-state index is -0.0782. The molecule has 1 heteroatoms. The molecule has 34 heavy (non-hydrogen) atoms. The molecule has 0 unspecified atom stereocenters. The Kier molecular flexibility index (Phi) is 8.97. The zero-order chi connectivity index (χ0) is 23.8. The number of hydrogen-bond donors (Lipinski definition) is 0. The Morgan fingerprint density at radius 3 is 1.82 bits per heavy atom. The highest BCUT2D eigenvalue weighted by Crippen LogP contribution is 2.38. The Labute approximate surface area is 206 Å². The third-order valence-corrected chi connectivity index (χ3v) is 7.81. The summed E-state index contributed by atoms with van der Waals surface area (Å²) in [6.07, 6.45) is 13.4. The van der Waals surface area contributed by atoms with Crippen molar-refractivity contribution < 1.29 is 4.39 Å². The van der Waals surface area contributed by atoms with Gasteiger partial charge in [0.25, 0.3) is 0 Å². The summed E-state index contributed by atoms with van der Waals surface area (Å²) in [5, 5.41) is 0. The van der Waals surface area contributed by atoms with Crippen LogP contribution < -0.4 is 0 Å². The van der Waals surface area contributed by atoms with Crippen LogP contribution in [0.1, 0.15) is 93.4 Å². The quantitative estimate of drug-likeness (QED) is 0.285. The summed E-state index contributed by atoms with van der Waals surface area (Å²) in [7, 11) is 0. The maximum absolute atomic E-state index is 15.1. The van der Waals surface area contributed by atoms with Crippen molar-refractivity contribution in [1.29, 1.82) is 0 Å². The third kappa shape index (κ3) is 6.59. The number of hydrogen-bond acceptors (Lipinski definition) is 0. The smallest absolute Gasteiger partial charge is 0.131 e. The topological polar surface area (TPSA) is 0 Å². The molecule has 0 saturated heterocycles. The fourth-order valence-corrected chi connectivity index (χ4v) is 5.60. The van der Waals surface area contributed by atoms with Crippen LogP contribution in [-0.2, 0) is 19.3 Å². The minimum Gasteiger partial charge on any atom is -0.206 e. The molecule has 1 aliphatic rings. The van der Waals surface area contributed by atoms with Crippen molar-refractivity contribution in [3.8, 4) is 11.1 Å². The Hall–Kier alpha value is -2.41. The molecule has 0 radical (unpaired) electrons. The Morgan fingerprint density at radius 1 is 0.676 bits per heavy atom. The number of rotatable bonds is 10. The lowest BCUT2D eigenvalue weighted by molar-refractivity contribution is 0.304. The summed E-state index contributed by atoms with van der Waals surface area (Å²) in [4.78, 5) is 0. The van der Waals surface area contributed by atoms with Crippen LogP contribution >= 0.6 is 0 Å². The van der Waals surface area contributed by atoms with E-state index in [0.29, 0.717) is 5.92 Å². The standard InChI is InChI=1S/C33H41F/c1-3-5-7-26-14-18-29(19-15-26)31-22-23-32(33(34)24-31)30-20-16-28(17-21-30)13-12-27-10-8-25(6-4-2)9-11-27/h8-11,16-17,20-24,26,29H,3-7,12-15,18-19H2,1-2H3. The predicted octanol–water partition coefficient (Wildman–Crippen LogP) is 9.69. The van der Waals surface area contributed by atoms with E-state index in [-0.39, 0.29) is 5.82 Å². The van der Waals surface area contributed by atoms with Gasteiger partial charge >= 0.3 is 0 Å². The van der Waals surface area contributed by atoms with Crippen molar-refractivity contribution in [2.24, 2.45) is 5.92 Å². The molecule has 0 spiro atoms. The van der Waals surface area contributed by atoms with Crippen molar-refractivity contribution in [2.45, 2.75) is 90.4 Å². The van der Waals surface area contributed by atoms with Gasteiger partial charge in [-0.3, -0.25) is 0 Å². The first-order valence-corrected chi connectivity index (χ1v) is 13.6. The molecule has 1 fully saturated rings. The van der Waals surface area contributed by atoms with Gasteiger partial charge in [0.1, 0.15) is 5.82 Å². The van der Waals surface area contributed by atoms with Crippen molar-refractivity contribution in [1.82, 2.24) is 0 Å². The van der Waals surface area contributed by atoms with Crippen molar-refractivity contribution in [3.05, 3.63) is 94.8 Å². The van der Waals surface area contributed by atoms with Gasteiger partial charge in [-0.25, -0.2) is 4.39 Å². The first-order chi connectivity index (χ1) is 16.7. The molecule has 180 valence electrons. The van der Waals surface area contributed by atoms with E-state index >= 15 is 4.39 Å². The maximum Gasteiger partial charge on any atom is 0.131 e. The number of unbranched alkanes of at least 4 members (excludes halogenated alkanes) is 1. The Bertz CT molecular complexity index is 1010. The van der Waals surface area contributed by atoms with Crippen LogP contribution in [0.5, 0.6) is 0 Å². The average Bonchev–Trinajstić information content (AvgIpc) is 2.88. The molecule has 1 aliphatic carbocycles. The van der Waals surface area contributed by atoms with E-state index in [1.165, 1.54) is 73.6 Å². The molecule has 0 N–H and O–H groups in total. The van der Waals surface area contributed by atoms with Gasteiger partial charge in [-0.1, -0.05) is 100 Å². The first-order valence-electron chi connectivity index (χ1n) is 13.6. The van der Waals surface area contributed by atoms with Gasteiger partial charge in [0.15, 0.2) is 0 Å². The molecule has 3 aromatic rings. The molecular formula is C33H41F. The largest absolute Gasteiger partial charge is 0.206 e. The number of halogens is 1. The summed E-state index contributed by atoms with van der Waals surface area (Å²) >= 11 is 0. The molecule has 0 bridgehead atoms. The second-order valence-corrected chi connectivity index (χ2v) is 10.4. The van der Waals surface area contributed by atoms with Crippen LogP contribution in [0, 0.1) is 11.7 Å². The van der Waals surface area contributed by atoms with E-state index in [9.17, 15) is 0 Å². The predicted molar refractivity (Wildman–Crippen MR) is 144 cm³/mol. The molecular weight excluding hydrogens is 415 g/mol. The average molecular weight is 457 g/mol. The lowest BCUT2D eigenvalue weighted by Gasteiger charge is -2.29. The Balaban J connectivity index is 1.33. The second-order valence-electron chi connectivity index (χ2n) is 10.4. The molecule has 0 aliphatic heterocycles. The monoisotopic (exact) mass is 456 g/mol. The van der Waals surface area contributed by atoms with Crippen LogP contribution in [-0.4, -0.2) is 0 Å². The highest BCUT2D eigenvalue weighted by Gasteiger charge is 2.22. The Morgan fingerprint density at radius 2 is 1.26 bits per heavy atom. The zero-order valence-corrected chi connectivity index (χ0v) is 21.2. The first kappa shape index (κ1) is 24.7. The van der Waals surface area contributed by atoms with E-state index in [4.69, 9.17) is 0 Å². The van der Waals surface area contributed by atoms with Crippen LogP contribution in [0.15, 0.2) is 66.7 Å². The van der Waals surface area contributed by atoms with Crippen LogP contribution in [0.4, 0.5) is 4.39 Å². The highest BCUT2D eigenvalue weighted by atomic mass is 19.1. The summed E-state index contributed by atoms with van der Waals surface area (Å²) in [5.41, 5.74) is 6.99. The normalized spacial score (nSPS) is 18.2. The molecule has 4 rings (SSSR count). The fourth-order valence-electron chi connectivity index (χ4n) is 5.60. The third-order valence-electron chi connectivity index (χ3n) is 7.81. The summed E-state index contributed by atoms with van der Waals surface area (Å²) in [6, 6.07) is 23.5. The van der Waals surface area contributed by atoms with Gasteiger partial charge in [0.05, 0.1) is 0 Å². The van der Waals surface area contributed by atoms with E-state index in [2.05, 4.69) is 68.4 Å². The van der Waals surface area contributed by atoms with Crippen LogP contribution in [0.2, 0.25) is 0 Å². The van der Waals surface area contributed by atoms with Crippen molar-refractivity contribution >= 4 is 0 Å². The molecule has 0 amide bonds. The summed E-state index contributed by atoms with van der Waals surface area (Å²) in [5.74, 6) is 1.34. The summed E-state index contributed by atoms with van der Waals surface area (Å²) in [6.45, 7) is 4.49. The van der Waals surface area contributed by atoms with Crippen molar-refractivity contribution in [3.63, 3.8) is 0 Å². The van der Waals surface area contributed by atoms with E-state index in [1.54, 1.807) is 0 Å². The van der Waals surface area contributed by atoms with E-state index < -0.39 is 0 Å². The van der Waals surface area contributed by atoms with Crippen molar-refractivity contribution in [2.75, 3.05) is 0 Å². The van der Waals surface area contributed by atoms with Gasteiger partial charge in [-0.15, -0.1) is 0 Å². The minimum absolute atomic E-state index is 0.0782. The van der Waals surface area contributed by atoms with Gasteiger partial charge in [0, 0.05) is 5.56 Å². The molecule has 1 saturated carbocycles.